The van der Waals surface area contributed by atoms with Crippen molar-refractivity contribution < 1.29 is 14.3 Å². The van der Waals surface area contributed by atoms with E-state index in [9.17, 15) is 9.59 Å². The van der Waals surface area contributed by atoms with Gasteiger partial charge in [-0.2, -0.15) is 0 Å². The van der Waals surface area contributed by atoms with Gasteiger partial charge < -0.3 is 16.2 Å². The number of imide groups is 1. The molecule has 0 aromatic heterocycles. The Morgan fingerprint density at radius 2 is 1.34 bits per heavy atom. The van der Waals surface area contributed by atoms with Crippen LogP contribution in [0.2, 0.25) is 0 Å². The van der Waals surface area contributed by atoms with Crippen molar-refractivity contribution in [3.05, 3.63) is 59.7 Å². The van der Waals surface area contributed by atoms with E-state index in [1.165, 1.54) is 4.90 Å². The van der Waals surface area contributed by atoms with Crippen molar-refractivity contribution in [1.82, 2.24) is 4.90 Å². The predicted molar refractivity (Wildman–Crippen MR) is 116 cm³/mol. The molecule has 0 saturated carbocycles. The molecule has 2 aromatic rings. The Labute approximate surface area is 172 Å². The molecule has 0 unspecified atom stereocenters. The highest BCUT2D eigenvalue weighted by atomic mass is 16.6. The summed E-state index contributed by atoms with van der Waals surface area (Å²) in [6, 6.07) is 15.0. The number of rotatable bonds is 7. The van der Waals surface area contributed by atoms with Crippen molar-refractivity contribution in [2.24, 2.45) is 0 Å². The summed E-state index contributed by atoms with van der Waals surface area (Å²) in [7, 11) is 0. The number of hydrogen-bond donors (Lipinski definition) is 2. The van der Waals surface area contributed by atoms with E-state index < -0.39 is 11.7 Å². The normalized spacial score (nSPS) is 11.1. The van der Waals surface area contributed by atoms with Gasteiger partial charge in [-0.05, 0) is 75.4 Å². The zero-order valence-electron chi connectivity index (χ0n) is 17.5. The Hall–Kier alpha value is -3.02. The molecule has 2 rings (SSSR count). The summed E-state index contributed by atoms with van der Waals surface area (Å²) < 4.78 is 5.44. The minimum atomic E-state index is -0.666. The third-order valence-electron chi connectivity index (χ3n) is 4.35. The monoisotopic (exact) mass is 397 g/mol. The highest BCUT2D eigenvalue weighted by Gasteiger charge is 2.26. The fourth-order valence-corrected chi connectivity index (χ4v) is 2.82. The second-order valence-corrected chi connectivity index (χ2v) is 8.11. The zero-order chi connectivity index (χ0) is 21.4. The van der Waals surface area contributed by atoms with Crippen LogP contribution in [0.3, 0.4) is 0 Å². The number of nitrogen functional groups attached to an aromatic ring is 2. The van der Waals surface area contributed by atoms with Crippen molar-refractivity contribution in [3.8, 4) is 0 Å². The molecule has 29 heavy (non-hydrogen) atoms. The SMILES string of the molecule is CC(C)(C)OC(=O)N(CCc1ccc(N)cc1)C(=O)CCCc1ccc(N)cc1. The van der Waals surface area contributed by atoms with Gasteiger partial charge in [0.25, 0.3) is 0 Å². The van der Waals surface area contributed by atoms with Gasteiger partial charge in [0.1, 0.15) is 5.60 Å². The summed E-state index contributed by atoms with van der Waals surface area (Å²) in [5.74, 6) is -0.231. The van der Waals surface area contributed by atoms with Crippen LogP contribution < -0.4 is 11.5 Å². The van der Waals surface area contributed by atoms with Gasteiger partial charge in [-0.1, -0.05) is 24.3 Å². The Morgan fingerprint density at radius 3 is 1.83 bits per heavy atom. The lowest BCUT2D eigenvalue weighted by atomic mass is 10.1. The van der Waals surface area contributed by atoms with E-state index in [1.54, 1.807) is 20.8 Å². The van der Waals surface area contributed by atoms with Gasteiger partial charge in [0, 0.05) is 24.3 Å². The first-order valence-corrected chi connectivity index (χ1v) is 9.86. The molecule has 0 bridgehead atoms. The number of aryl methyl sites for hydroxylation is 1. The molecule has 0 atom stereocenters. The van der Waals surface area contributed by atoms with Crippen LogP contribution in [0, 0.1) is 0 Å². The standard InChI is InChI=1S/C23H31N3O3/c1-23(2,3)29-22(28)26(16-15-18-9-13-20(25)14-10-18)21(27)6-4-5-17-7-11-19(24)12-8-17/h7-14H,4-6,15-16,24-25H2,1-3H3. The first-order valence-electron chi connectivity index (χ1n) is 9.86. The summed E-state index contributed by atoms with van der Waals surface area (Å²) in [4.78, 5) is 26.6. The molecule has 156 valence electrons. The second kappa shape index (κ2) is 9.96. The minimum Gasteiger partial charge on any atom is -0.443 e. The van der Waals surface area contributed by atoms with E-state index in [1.807, 2.05) is 48.5 Å². The van der Waals surface area contributed by atoms with E-state index in [2.05, 4.69) is 0 Å². The van der Waals surface area contributed by atoms with Crippen molar-refractivity contribution in [2.45, 2.75) is 52.1 Å². The van der Waals surface area contributed by atoms with E-state index in [4.69, 9.17) is 16.2 Å². The van der Waals surface area contributed by atoms with E-state index >= 15 is 0 Å². The number of hydrogen-bond acceptors (Lipinski definition) is 5. The molecule has 0 spiro atoms. The molecule has 6 heteroatoms. The number of amides is 2. The molecule has 4 N–H and O–H groups in total. The summed E-state index contributed by atoms with van der Waals surface area (Å²) in [6.45, 7) is 5.62. The Balaban J connectivity index is 1.98. The molecule has 0 fully saturated rings. The highest BCUT2D eigenvalue weighted by Crippen LogP contribution is 2.15. The first-order chi connectivity index (χ1) is 13.6. The third kappa shape index (κ3) is 7.86. The van der Waals surface area contributed by atoms with Crippen LogP contribution in [0.25, 0.3) is 0 Å². The van der Waals surface area contributed by atoms with Crippen LogP contribution in [0.15, 0.2) is 48.5 Å². The first kappa shape index (κ1) is 22.3. The maximum atomic E-state index is 12.8. The molecule has 0 aliphatic carbocycles. The fourth-order valence-electron chi connectivity index (χ4n) is 2.82. The van der Waals surface area contributed by atoms with Crippen LogP contribution in [-0.2, 0) is 22.4 Å². The summed E-state index contributed by atoms with van der Waals surface area (Å²) in [5.41, 5.74) is 14.2. The lowest BCUT2D eigenvalue weighted by Crippen LogP contribution is -2.42. The van der Waals surface area contributed by atoms with Gasteiger partial charge in [-0.25, -0.2) is 9.69 Å². The van der Waals surface area contributed by atoms with Gasteiger partial charge in [0.05, 0.1) is 0 Å². The summed E-state index contributed by atoms with van der Waals surface area (Å²) >= 11 is 0. The molecule has 0 radical (unpaired) electrons. The topological polar surface area (TPSA) is 98.6 Å². The van der Waals surface area contributed by atoms with E-state index in [0.717, 1.165) is 17.5 Å². The molecule has 0 saturated heterocycles. The van der Waals surface area contributed by atoms with Crippen LogP contribution in [-0.4, -0.2) is 29.0 Å². The van der Waals surface area contributed by atoms with E-state index in [0.29, 0.717) is 24.2 Å². The van der Waals surface area contributed by atoms with Crippen molar-refractivity contribution >= 4 is 23.4 Å². The number of ether oxygens (including phenoxy) is 1. The van der Waals surface area contributed by atoms with Gasteiger partial charge in [0.2, 0.25) is 5.91 Å². The van der Waals surface area contributed by atoms with Crippen LogP contribution >= 0.6 is 0 Å². The average Bonchev–Trinajstić information content (AvgIpc) is 2.63. The molecular weight excluding hydrogens is 366 g/mol. The maximum absolute atomic E-state index is 12.8. The van der Waals surface area contributed by atoms with Gasteiger partial charge in [0.15, 0.2) is 0 Å². The van der Waals surface area contributed by atoms with Crippen LogP contribution in [0.4, 0.5) is 16.2 Å². The summed E-state index contributed by atoms with van der Waals surface area (Å²) in [5, 5.41) is 0. The van der Waals surface area contributed by atoms with Crippen molar-refractivity contribution in [1.29, 1.82) is 0 Å². The maximum Gasteiger partial charge on any atom is 0.417 e. The Kier molecular flexibility index (Phi) is 7.65. The molecule has 0 aliphatic heterocycles. The lowest BCUT2D eigenvalue weighted by molar-refractivity contribution is -0.130. The van der Waals surface area contributed by atoms with Crippen LogP contribution in [0.1, 0.15) is 44.7 Å². The number of carbonyl (C=O) groups excluding carboxylic acids is 2. The Bertz CT molecular complexity index is 809. The van der Waals surface area contributed by atoms with Gasteiger partial charge in [-0.15, -0.1) is 0 Å². The van der Waals surface area contributed by atoms with Crippen LogP contribution in [0.5, 0.6) is 0 Å². The largest absolute Gasteiger partial charge is 0.443 e. The zero-order valence-corrected chi connectivity index (χ0v) is 17.5. The number of benzene rings is 2. The fraction of sp³-hybridized carbons (Fsp3) is 0.391. The highest BCUT2D eigenvalue weighted by molar-refractivity contribution is 5.92. The number of nitrogens with two attached hydrogens (primary N) is 2. The smallest absolute Gasteiger partial charge is 0.417 e. The molecule has 0 aliphatic rings. The van der Waals surface area contributed by atoms with E-state index in [-0.39, 0.29) is 18.9 Å². The molecule has 2 aromatic carbocycles. The number of carbonyl (C=O) groups is 2. The molecule has 6 nitrogen and oxygen atoms in total. The number of nitrogens with zero attached hydrogens (tertiary/aromatic N) is 1. The molecule has 2 amide bonds. The van der Waals surface area contributed by atoms with Gasteiger partial charge >= 0.3 is 6.09 Å². The van der Waals surface area contributed by atoms with Crippen molar-refractivity contribution in [2.75, 3.05) is 18.0 Å². The third-order valence-corrected chi connectivity index (χ3v) is 4.35. The summed E-state index contributed by atoms with van der Waals surface area (Å²) in [6.07, 6.45) is 1.59. The molecular formula is C23H31N3O3. The predicted octanol–water partition coefficient (Wildman–Crippen LogP) is 4.18. The molecule has 0 heterocycles. The minimum absolute atomic E-state index is 0.231. The van der Waals surface area contributed by atoms with Gasteiger partial charge in [-0.3, -0.25) is 4.79 Å². The van der Waals surface area contributed by atoms with Crippen molar-refractivity contribution in [3.63, 3.8) is 0 Å². The lowest BCUT2D eigenvalue weighted by Gasteiger charge is -2.26. The Morgan fingerprint density at radius 1 is 0.862 bits per heavy atom. The second-order valence-electron chi connectivity index (χ2n) is 8.11. The number of anilines is 2. The quantitative estimate of drug-likeness (QED) is 0.683. The average molecular weight is 398 g/mol.